The Morgan fingerprint density at radius 1 is 1.31 bits per heavy atom. The van der Waals surface area contributed by atoms with E-state index in [2.05, 4.69) is 21.2 Å². The predicted octanol–water partition coefficient (Wildman–Crippen LogP) is 3.61. The maximum Gasteiger partial charge on any atom is 0.267 e. The second-order valence-electron chi connectivity index (χ2n) is 5.58. The summed E-state index contributed by atoms with van der Waals surface area (Å²) in [5.41, 5.74) is 0.375. The lowest BCUT2D eigenvalue weighted by Crippen LogP contribution is -2.29. The maximum atomic E-state index is 12.8. The van der Waals surface area contributed by atoms with Crippen LogP contribution in [0.2, 0.25) is 0 Å². The van der Waals surface area contributed by atoms with E-state index in [-0.39, 0.29) is 11.3 Å². The molecule has 130 valence electrons. The fourth-order valence-electron chi connectivity index (χ4n) is 2.79. The van der Waals surface area contributed by atoms with Crippen molar-refractivity contribution >= 4 is 38.4 Å². The Bertz CT molecular complexity index is 1130. The Kier molecular flexibility index (Phi) is 4.78. The van der Waals surface area contributed by atoms with Gasteiger partial charge in [-0.25, -0.2) is 0 Å². The summed E-state index contributed by atoms with van der Waals surface area (Å²) in [5.74, 6) is -1.10. The second-order valence-corrected chi connectivity index (χ2v) is 6.50. The molecule has 3 aromatic rings. The molecule has 3 rings (SSSR count). The van der Waals surface area contributed by atoms with E-state index < -0.39 is 11.5 Å². The summed E-state index contributed by atoms with van der Waals surface area (Å²) in [6.45, 7) is 2.14. The lowest BCUT2D eigenvalue weighted by Gasteiger charge is -2.14. The molecule has 0 aliphatic heterocycles. The van der Waals surface area contributed by atoms with Crippen molar-refractivity contribution in [1.29, 1.82) is 5.26 Å². The van der Waals surface area contributed by atoms with Gasteiger partial charge in [0.15, 0.2) is 0 Å². The number of aryl methyl sites for hydroxylation is 1. The number of nitriles is 1. The molecule has 0 saturated heterocycles. The van der Waals surface area contributed by atoms with E-state index in [1.54, 1.807) is 43.3 Å². The molecule has 1 heterocycles. The van der Waals surface area contributed by atoms with E-state index in [0.29, 0.717) is 28.7 Å². The van der Waals surface area contributed by atoms with Crippen LogP contribution in [-0.2, 0) is 6.54 Å². The largest absolute Gasteiger partial charge is 0.506 e. The predicted molar refractivity (Wildman–Crippen MR) is 102 cm³/mol. The summed E-state index contributed by atoms with van der Waals surface area (Å²) < 4.78 is 2.15. The zero-order valence-electron chi connectivity index (χ0n) is 13.8. The molecule has 0 unspecified atom stereocenters. The number of amides is 1. The first-order chi connectivity index (χ1) is 12.5. The van der Waals surface area contributed by atoms with Crippen LogP contribution < -0.4 is 10.9 Å². The van der Waals surface area contributed by atoms with Gasteiger partial charge < -0.3 is 15.0 Å². The summed E-state index contributed by atoms with van der Waals surface area (Å²) in [6.07, 6.45) is 0. The molecule has 1 amide bonds. The van der Waals surface area contributed by atoms with Crippen molar-refractivity contribution < 1.29 is 9.90 Å². The smallest absolute Gasteiger partial charge is 0.267 e. The highest BCUT2D eigenvalue weighted by Gasteiger charge is 2.22. The number of nitrogens with one attached hydrogen (secondary N) is 1. The number of aromatic hydroxyl groups is 1. The summed E-state index contributed by atoms with van der Waals surface area (Å²) in [4.78, 5) is 25.4. The SMILES string of the molecule is CCn1c(=O)c(C(=O)Nc2cccc(C#N)c2)c(O)c2cc(Br)ccc21. The van der Waals surface area contributed by atoms with Crippen molar-refractivity contribution in [2.24, 2.45) is 0 Å². The molecule has 7 heteroatoms. The van der Waals surface area contributed by atoms with E-state index in [0.717, 1.165) is 4.47 Å². The van der Waals surface area contributed by atoms with Gasteiger partial charge in [0.05, 0.1) is 17.1 Å². The van der Waals surface area contributed by atoms with Crippen LogP contribution in [0.5, 0.6) is 5.75 Å². The zero-order chi connectivity index (χ0) is 18.8. The molecule has 0 radical (unpaired) electrons. The minimum Gasteiger partial charge on any atom is -0.506 e. The summed E-state index contributed by atoms with van der Waals surface area (Å²) in [5, 5.41) is 22.5. The van der Waals surface area contributed by atoms with Gasteiger partial charge in [-0.2, -0.15) is 5.26 Å². The van der Waals surface area contributed by atoms with Crippen molar-refractivity contribution in [3.63, 3.8) is 0 Å². The number of hydrogen-bond acceptors (Lipinski definition) is 4. The van der Waals surface area contributed by atoms with Gasteiger partial charge in [0.1, 0.15) is 11.3 Å². The first-order valence-electron chi connectivity index (χ1n) is 7.82. The summed E-state index contributed by atoms with van der Waals surface area (Å²) in [6, 6.07) is 13.4. The lowest BCUT2D eigenvalue weighted by molar-refractivity contribution is 0.102. The quantitative estimate of drug-likeness (QED) is 0.687. The second kappa shape index (κ2) is 7.02. The standard InChI is InChI=1S/C19H14BrN3O3/c1-2-23-15-7-6-12(20)9-14(15)17(24)16(19(23)26)18(25)22-13-5-3-4-11(8-13)10-21/h3-9,24H,2H2,1H3,(H,22,25). The van der Waals surface area contributed by atoms with Crippen LogP contribution in [0.15, 0.2) is 51.7 Å². The highest BCUT2D eigenvalue weighted by atomic mass is 79.9. The fourth-order valence-corrected chi connectivity index (χ4v) is 3.15. The zero-order valence-corrected chi connectivity index (χ0v) is 15.4. The van der Waals surface area contributed by atoms with Gasteiger partial charge >= 0.3 is 0 Å². The number of nitrogens with zero attached hydrogens (tertiary/aromatic N) is 2. The Labute approximate surface area is 157 Å². The molecule has 0 saturated carbocycles. The van der Waals surface area contributed by atoms with Crippen LogP contribution in [-0.4, -0.2) is 15.6 Å². The molecule has 2 aromatic carbocycles. The Balaban J connectivity index is 2.16. The summed E-state index contributed by atoms with van der Waals surface area (Å²) >= 11 is 3.33. The number of fused-ring (bicyclic) bond motifs is 1. The van der Waals surface area contributed by atoms with Gasteiger partial charge in [-0.1, -0.05) is 22.0 Å². The van der Waals surface area contributed by atoms with E-state index in [1.165, 1.54) is 10.6 Å². The lowest BCUT2D eigenvalue weighted by atomic mass is 10.1. The molecule has 0 spiro atoms. The van der Waals surface area contributed by atoms with Crippen LogP contribution in [0.25, 0.3) is 10.9 Å². The number of pyridine rings is 1. The Hall–Kier alpha value is -3.11. The molecular formula is C19H14BrN3O3. The third-order valence-corrected chi connectivity index (χ3v) is 4.49. The fraction of sp³-hybridized carbons (Fsp3) is 0.105. The van der Waals surface area contributed by atoms with Gasteiger partial charge in [-0.15, -0.1) is 0 Å². The van der Waals surface area contributed by atoms with Crippen molar-refractivity contribution in [3.05, 3.63) is 68.4 Å². The molecule has 26 heavy (non-hydrogen) atoms. The topological polar surface area (TPSA) is 95.1 Å². The highest BCUT2D eigenvalue weighted by molar-refractivity contribution is 9.10. The van der Waals surface area contributed by atoms with Crippen LogP contribution in [0.3, 0.4) is 0 Å². The molecule has 0 fully saturated rings. The number of carbonyl (C=O) groups excluding carboxylic acids is 1. The Morgan fingerprint density at radius 3 is 2.77 bits per heavy atom. The van der Waals surface area contributed by atoms with Gasteiger partial charge in [0.2, 0.25) is 0 Å². The average molecular weight is 412 g/mol. The minimum absolute atomic E-state index is 0.334. The van der Waals surface area contributed by atoms with Gasteiger partial charge in [-0.3, -0.25) is 9.59 Å². The number of aromatic nitrogens is 1. The maximum absolute atomic E-state index is 12.8. The number of carbonyl (C=O) groups is 1. The van der Waals surface area contributed by atoms with Gasteiger partial charge in [0, 0.05) is 22.1 Å². The molecule has 6 nitrogen and oxygen atoms in total. The number of halogens is 1. The average Bonchev–Trinajstić information content (AvgIpc) is 2.63. The van der Waals surface area contributed by atoms with Crippen LogP contribution in [0, 0.1) is 11.3 Å². The first-order valence-corrected chi connectivity index (χ1v) is 8.62. The molecular weight excluding hydrogens is 398 g/mol. The van der Waals surface area contributed by atoms with Crippen molar-refractivity contribution in [1.82, 2.24) is 4.57 Å². The molecule has 0 aliphatic rings. The molecule has 0 aliphatic carbocycles. The van der Waals surface area contributed by atoms with E-state index >= 15 is 0 Å². The summed E-state index contributed by atoms with van der Waals surface area (Å²) in [7, 11) is 0. The minimum atomic E-state index is -0.730. The molecule has 1 aromatic heterocycles. The first kappa shape index (κ1) is 17.7. The highest BCUT2D eigenvalue weighted by Crippen LogP contribution is 2.29. The van der Waals surface area contributed by atoms with Crippen molar-refractivity contribution in [2.45, 2.75) is 13.5 Å². The Morgan fingerprint density at radius 2 is 2.08 bits per heavy atom. The van der Waals surface area contributed by atoms with Crippen molar-refractivity contribution in [2.75, 3.05) is 5.32 Å². The van der Waals surface area contributed by atoms with Gasteiger partial charge in [0.25, 0.3) is 11.5 Å². The number of rotatable bonds is 3. The van der Waals surface area contributed by atoms with E-state index in [9.17, 15) is 14.7 Å². The molecule has 0 atom stereocenters. The van der Waals surface area contributed by atoms with Crippen LogP contribution in [0.4, 0.5) is 5.69 Å². The number of hydrogen-bond donors (Lipinski definition) is 2. The van der Waals surface area contributed by atoms with Crippen molar-refractivity contribution in [3.8, 4) is 11.8 Å². The van der Waals surface area contributed by atoms with Crippen LogP contribution >= 0.6 is 15.9 Å². The molecule has 2 N–H and O–H groups in total. The monoisotopic (exact) mass is 411 g/mol. The number of anilines is 1. The van der Waals surface area contributed by atoms with Gasteiger partial charge in [-0.05, 0) is 43.3 Å². The number of benzene rings is 2. The third kappa shape index (κ3) is 3.07. The normalized spacial score (nSPS) is 10.5. The van der Waals surface area contributed by atoms with E-state index in [4.69, 9.17) is 5.26 Å². The van der Waals surface area contributed by atoms with Crippen LogP contribution in [0.1, 0.15) is 22.8 Å². The molecule has 0 bridgehead atoms. The van der Waals surface area contributed by atoms with E-state index in [1.807, 2.05) is 6.07 Å². The third-order valence-electron chi connectivity index (χ3n) is 3.99.